The number of carboxylic acid groups (broad SMARTS) is 1. The van der Waals surface area contributed by atoms with Crippen LogP contribution in [0.5, 0.6) is 0 Å². The number of carboxylic acids is 1. The highest BCUT2D eigenvalue weighted by Crippen LogP contribution is 2.01. The van der Waals surface area contributed by atoms with E-state index < -0.39 is 12.0 Å². The van der Waals surface area contributed by atoms with Crippen LogP contribution in [0.3, 0.4) is 0 Å². The SMILES string of the molecule is CC(N)C(=O)NCCCCCCC(=O)O. The molecule has 0 radical (unpaired) electrons. The largest absolute Gasteiger partial charge is 0.481 e. The number of hydrogen-bond donors (Lipinski definition) is 3. The molecule has 5 nitrogen and oxygen atoms in total. The van der Waals surface area contributed by atoms with Crippen LogP contribution in [0, 0.1) is 0 Å². The number of hydrogen-bond acceptors (Lipinski definition) is 3. The third-order valence-electron chi connectivity index (χ3n) is 2.03. The molecule has 0 aliphatic rings. The summed E-state index contributed by atoms with van der Waals surface area (Å²) in [6, 6.07) is -0.461. The van der Waals surface area contributed by atoms with Gasteiger partial charge in [0.15, 0.2) is 0 Å². The topological polar surface area (TPSA) is 92.4 Å². The van der Waals surface area contributed by atoms with Crippen LogP contribution in [-0.2, 0) is 9.59 Å². The summed E-state index contributed by atoms with van der Waals surface area (Å²) in [6.07, 6.45) is 3.63. The molecular weight excluding hydrogens is 196 g/mol. The molecule has 0 fully saturated rings. The molecule has 0 aromatic carbocycles. The van der Waals surface area contributed by atoms with Gasteiger partial charge in [0.2, 0.25) is 5.91 Å². The Hall–Kier alpha value is -1.10. The molecule has 1 unspecified atom stereocenters. The second-order valence-electron chi connectivity index (χ2n) is 3.64. The molecule has 0 aliphatic heterocycles. The van der Waals surface area contributed by atoms with E-state index in [1.807, 2.05) is 0 Å². The fraction of sp³-hybridized carbons (Fsp3) is 0.800. The Balaban J connectivity index is 3.18. The smallest absolute Gasteiger partial charge is 0.303 e. The van der Waals surface area contributed by atoms with Gasteiger partial charge in [-0.3, -0.25) is 9.59 Å². The van der Waals surface area contributed by atoms with Gasteiger partial charge < -0.3 is 16.2 Å². The van der Waals surface area contributed by atoms with Crippen LogP contribution in [-0.4, -0.2) is 29.6 Å². The molecular formula is C10H20N2O3. The molecule has 0 aromatic heterocycles. The Morgan fingerprint density at radius 2 is 1.87 bits per heavy atom. The molecule has 0 aromatic rings. The first-order valence-corrected chi connectivity index (χ1v) is 5.29. The number of unbranched alkanes of at least 4 members (excludes halogenated alkanes) is 3. The third kappa shape index (κ3) is 9.21. The summed E-state index contributed by atoms with van der Waals surface area (Å²) in [6.45, 7) is 2.26. The van der Waals surface area contributed by atoms with E-state index in [2.05, 4.69) is 5.32 Å². The first kappa shape index (κ1) is 13.9. The van der Waals surface area contributed by atoms with E-state index in [0.29, 0.717) is 13.0 Å². The number of nitrogens with one attached hydrogen (secondary N) is 1. The average Bonchev–Trinajstić information content (AvgIpc) is 2.15. The molecule has 1 amide bonds. The minimum Gasteiger partial charge on any atom is -0.481 e. The normalized spacial score (nSPS) is 12.1. The Labute approximate surface area is 90.0 Å². The molecule has 0 aliphatic carbocycles. The van der Waals surface area contributed by atoms with Crippen molar-refractivity contribution in [3.05, 3.63) is 0 Å². The van der Waals surface area contributed by atoms with Gasteiger partial charge in [0, 0.05) is 13.0 Å². The maximum Gasteiger partial charge on any atom is 0.303 e. The fourth-order valence-electron chi connectivity index (χ4n) is 1.13. The second kappa shape index (κ2) is 8.23. The molecule has 0 saturated carbocycles. The van der Waals surface area contributed by atoms with Gasteiger partial charge in [-0.05, 0) is 19.8 Å². The average molecular weight is 216 g/mol. The Bertz CT molecular complexity index is 205. The maximum atomic E-state index is 11.0. The monoisotopic (exact) mass is 216 g/mol. The standard InChI is InChI=1S/C10H20N2O3/c1-8(11)10(15)12-7-5-3-2-4-6-9(13)14/h8H,2-7,11H2,1H3,(H,12,15)(H,13,14). The minimum absolute atomic E-state index is 0.138. The molecule has 0 heterocycles. The summed E-state index contributed by atoms with van der Waals surface area (Å²) in [7, 11) is 0. The number of aliphatic carboxylic acids is 1. The van der Waals surface area contributed by atoms with Crippen LogP contribution >= 0.6 is 0 Å². The number of amides is 1. The molecule has 0 rings (SSSR count). The van der Waals surface area contributed by atoms with Gasteiger partial charge in [0.1, 0.15) is 0 Å². The highest BCUT2D eigenvalue weighted by molar-refractivity contribution is 5.80. The lowest BCUT2D eigenvalue weighted by molar-refractivity contribution is -0.137. The van der Waals surface area contributed by atoms with Crippen LogP contribution in [0.1, 0.15) is 39.0 Å². The van der Waals surface area contributed by atoms with Crippen LogP contribution in [0.4, 0.5) is 0 Å². The summed E-state index contributed by atoms with van der Waals surface area (Å²) in [4.78, 5) is 21.2. The van der Waals surface area contributed by atoms with E-state index >= 15 is 0 Å². The van der Waals surface area contributed by atoms with E-state index in [1.165, 1.54) is 0 Å². The van der Waals surface area contributed by atoms with E-state index in [4.69, 9.17) is 10.8 Å². The van der Waals surface area contributed by atoms with Crippen molar-refractivity contribution in [3.63, 3.8) is 0 Å². The summed E-state index contributed by atoms with van der Waals surface area (Å²) < 4.78 is 0. The summed E-state index contributed by atoms with van der Waals surface area (Å²) in [5.74, 6) is -0.888. The molecule has 0 spiro atoms. The molecule has 4 N–H and O–H groups in total. The van der Waals surface area contributed by atoms with E-state index in [1.54, 1.807) is 6.92 Å². The Kier molecular flexibility index (Phi) is 7.62. The summed E-state index contributed by atoms with van der Waals surface area (Å²) in [5.41, 5.74) is 5.35. The van der Waals surface area contributed by atoms with Crippen molar-refractivity contribution in [3.8, 4) is 0 Å². The molecule has 88 valence electrons. The molecule has 0 bridgehead atoms. The first-order chi connectivity index (χ1) is 7.04. The predicted molar refractivity (Wildman–Crippen MR) is 57.4 cm³/mol. The predicted octanol–water partition coefficient (Wildman–Crippen LogP) is 0.485. The Morgan fingerprint density at radius 3 is 2.40 bits per heavy atom. The number of nitrogens with two attached hydrogens (primary N) is 1. The lowest BCUT2D eigenvalue weighted by atomic mass is 10.1. The summed E-state index contributed by atoms with van der Waals surface area (Å²) >= 11 is 0. The number of rotatable bonds is 8. The van der Waals surface area contributed by atoms with Gasteiger partial charge in [-0.2, -0.15) is 0 Å². The lowest BCUT2D eigenvalue weighted by Crippen LogP contribution is -2.38. The van der Waals surface area contributed by atoms with E-state index in [0.717, 1.165) is 19.3 Å². The van der Waals surface area contributed by atoms with Crippen LogP contribution in [0.15, 0.2) is 0 Å². The lowest BCUT2D eigenvalue weighted by Gasteiger charge is -2.06. The fourth-order valence-corrected chi connectivity index (χ4v) is 1.13. The quantitative estimate of drug-likeness (QED) is 0.515. The van der Waals surface area contributed by atoms with Crippen molar-refractivity contribution in [2.75, 3.05) is 6.54 Å². The number of carbonyl (C=O) groups excluding carboxylic acids is 1. The highest BCUT2D eigenvalue weighted by atomic mass is 16.4. The number of carbonyl (C=O) groups is 2. The molecule has 15 heavy (non-hydrogen) atoms. The molecule has 0 saturated heterocycles. The van der Waals surface area contributed by atoms with Crippen LogP contribution in [0.25, 0.3) is 0 Å². The zero-order valence-electron chi connectivity index (χ0n) is 9.16. The Morgan fingerprint density at radius 1 is 1.27 bits per heavy atom. The molecule has 1 atom stereocenters. The minimum atomic E-state index is -0.750. The molecule has 5 heteroatoms. The summed E-state index contributed by atoms with van der Waals surface area (Å²) in [5, 5.41) is 11.1. The van der Waals surface area contributed by atoms with Crippen LogP contribution < -0.4 is 11.1 Å². The van der Waals surface area contributed by atoms with Crippen molar-refractivity contribution < 1.29 is 14.7 Å². The maximum absolute atomic E-state index is 11.0. The van der Waals surface area contributed by atoms with Gasteiger partial charge >= 0.3 is 5.97 Å². The highest BCUT2D eigenvalue weighted by Gasteiger charge is 2.04. The van der Waals surface area contributed by atoms with Crippen LogP contribution in [0.2, 0.25) is 0 Å². The van der Waals surface area contributed by atoms with Gasteiger partial charge in [-0.25, -0.2) is 0 Å². The second-order valence-corrected chi connectivity index (χ2v) is 3.64. The van der Waals surface area contributed by atoms with Gasteiger partial charge in [0.25, 0.3) is 0 Å². The van der Waals surface area contributed by atoms with Crippen molar-refractivity contribution in [2.24, 2.45) is 5.73 Å². The van der Waals surface area contributed by atoms with Gasteiger partial charge in [-0.1, -0.05) is 12.8 Å². The van der Waals surface area contributed by atoms with Gasteiger partial charge in [0.05, 0.1) is 6.04 Å². The zero-order valence-corrected chi connectivity index (χ0v) is 9.16. The van der Waals surface area contributed by atoms with Crippen molar-refractivity contribution in [1.82, 2.24) is 5.32 Å². The van der Waals surface area contributed by atoms with Crippen molar-refractivity contribution in [2.45, 2.75) is 45.1 Å². The zero-order chi connectivity index (χ0) is 11.7. The van der Waals surface area contributed by atoms with E-state index in [9.17, 15) is 9.59 Å². The van der Waals surface area contributed by atoms with Gasteiger partial charge in [-0.15, -0.1) is 0 Å². The van der Waals surface area contributed by atoms with Crippen molar-refractivity contribution in [1.29, 1.82) is 0 Å². The third-order valence-corrected chi connectivity index (χ3v) is 2.03. The van der Waals surface area contributed by atoms with E-state index in [-0.39, 0.29) is 12.3 Å². The first-order valence-electron chi connectivity index (χ1n) is 5.29. The van der Waals surface area contributed by atoms with Crippen molar-refractivity contribution >= 4 is 11.9 Å².